The number of sulfonamides is 1. The predicted molar refractivity (Wildman–Crippen MR) is 69.9 cm³/mol. The summed E-state index contributed by atoms with van der Waals surface area (Å²) in [4.78, 5) is 11.9. The maximum Gasteiger partial charge on any atom is 0.251 e. The van der Waals surface area contributed by atoms with Gasteiger partial charge in [-0.3, -0.25) is 4.79 Å². The molecule has 1 amide bonds. The maximum atomic E-state index is 12.0. The Kier molecular flexibility index (Phi) is 4.13. The summed E-state index contributed by atoms with van der Waals surface area (Å²) in [5.41, 5.74) is 1.81. The summed E-state index contributed by atoms with van der Waals surface area (Å²) < 4.78 is 22.7. The van der Waals surface area contributed by atoms with Gasteiger partial charge < -0.3 is 5.32 Å². The van der Waals surface area contributed by atoms with Crippen molar-refractivity contribution in [2.75, 3.05) is 0 Å². The van der Waals surface area contributed by atoms with Crippen LogP contribution in [0.2, 0.25) is 0 Å². The van der Waals surface area contributed by atoms with E-state index < -0.39 is 10.0 Å². The van der Waals surface area contributed by atoms with E-state index in [-0.39, 0.29) is 16.8 Å². The lowest BCUT2D eigenvalue weighted by atomic mass is 10.0. The molecule has 100 valence electrons. The van der Waals surface area contributed by atoms with E-state index in [1.165, 1.54) is 12.1 Å². The van der Waals surface area contributed by atoms with Crippen molar-refractivity contribution in [1.29, 1.82) is 0 Å². The highest BCUT2D eigenvalue weighted by molar-refractivity contribution is 7.89. The van der Waals surface area contributed by atoms with Crippen LogP contribution in [0.3, 0.4) is 0 Å². The van der Waals surface area contributed by atoms with E-state index >= 15 is 0 Å². The Morgan fingerprint density at radius 2 is 1.83 bits per heavy atom. The molecular weight excluding hydrogens is 252 g/mol. The second-order valence-corrected chi connectivity index (χ2v) is 6.15. The molecule has 6 heteroatoms. The Morgan fingerprint density at radius 3 is 2.28 bits per heavy atom. The van der Waals surface area contributed by atoms with Crippen LogP contribution in [-0.4, -0.2) is 20.4 Å². The number of primary sulfonamides is 1. The van der Waals surface area contributed by atoms with Crippen LogP contribution in [0.25, 0.3) is 0 Å². The number of hydrogen-bond donors (Lipinski definition) is 2. The number of rotatable bonds is 3. The lowest BCUT2D eigenvalue weighted by Gasteiger charge is -2.13. The lowest BCUT2D eigenvalue weighted by Crippen LogP contribution is -2.31. The zero-order valence-corrected chi connectivity index (χ0v) is 11.8. The summed E-state index contributed by atoms with van der Waals surface area (Å²) in [6.45, 7) is 7.20. The SMILES string of the molecule is Cc1cc(S(N)(=O)=O)cc(C(=O)NC(C)C)c1C. The average Bonchev–Trinajstić information content (AvgIpc) is 2.18. The first-order valence-electron chi connectivity index (χ1n) is 5.58. The molecule has 0 radical (unpaired) electrons. The summed E-state index contributed by atoms with van der Waals surface area (Å²) in [5.74, 6) is -0.295. The van der Waals surface area contributed by atoms with Gasteiger partial charge in [-0.25, -0.2) is 13.6 Å². The Hall–Kier alpha value is -1.40. The number of nitrogens with two attached hydrogens (primary N) is 1. The summed E-state index contributed by atoms with van der Waals surface area (Å²) >= 11 is 0. The molecule has 0 heterocycles. The second-order valence-electron chi connectivity index (χ2n) is 4.59. The minimum atomic E-state index is -3.81. The molecule has 1 aromatic carbocycles. The fourth-order valence-electron chi connectivity index (χ4n) is 1.57. The van der Waals surface area contributed by atoms with E-state index in [4.69, 9.17) is 5.14 Å². The van der Waals surface area contributed by atoms with Crippen molar-refractivity contribution in [3.63, 3.8) is 0 Å². The predicted octanol–water partition coefficient (Wildman–Crippen LogP) is 1.09. The van der Waals surface area contributed by atoms with E-state index in [2.05, 4.69) is 5.32 Å². The molecule has 18 heavy (non-hydrogen) atoms. The van der Waals surface area contributed by atoms with E-state index in [0.29, 0.717) is 5.56 Å². The van der Waals surface area contributed by atoms with Crippen molar-refractivity contribution in [1.82, 2.24) is 5.32 Å². The summed E-state index contributed by atoms with van der Waals surface area (Å²) in [7, 11) is -3.81. The highest BCUT2D eigenvalue weighted by Crippen LogP contribution is 2.19. The number of nitrogens with one attached hydrogen (secondary N) is 1. The van der Waals surface area contributed by atoms with Crippen LogP contribution in [0.5, 0.6) is 0 Å². The number of carbonyl (C=O) groups is 1. The smallest absolute Gasteiger partial charge is 0.251 e. The fourth-order valence-corrected chi connectivity index (χ4v) is 2.19. The van der Waals surface area contributed by atoms with Gasteiger partial charge in [0.2, 0.25) is 10.0 Å². The lowest BCUT2D eigenvalue weighted by molar-refractivity contribution is 0.0942. The van der Waals surface area contributed by atoms with Crippen LogP contribution in [0, 0.1) is 13.8 Å². The van der Waals surface area contributed by atoms with Crippen molar-refractivity contribution in [3.8, 4) is 0 Å². The van der Waals surface area contributed by atoms with Gasteiger partial charge in [-0.2, -0.15) is 0 Å². The van der Waals surface area contributed by atoms with Gasteiger partial charge in [0.05, 0.1) is 4.90 Å². The number of aryl methyl sites for hydroxylation is 1. The van der Waals surface area contributed by atoms with Crippen LogP contribution < -0.4 is 10.5 Å². The Labute approximate surface area is 107 Å². The molecule has 0 atom stereocenters. The molecule has 5 nitrogen and oxygen atoms in total. The van der Waals surface area contributed by atoms with Gasteiger partial charge >= 0.3 is 0 Å². The van der Waals surface area contributed by atoms with Crippen molar-refractivity contribution >= 4 is 15.9 Å². The van der Waals surface area contributed by atoms with Gasteiger partial charge in [0.1, 0.15) is 0 Å². The first-order valence-corrected chi connectivity index (χ1v) is 7.12. The minimum Gasteiger partial charge on any atom is -0.350 e. The molecule has 3 N–H and O–H groups in total. The Balaban J connectivity index is 3.36. The zero-order chi connectivity index (χ0) is 14.1. The molecule has 0 aromatic heterocycles. The molecule has 0 saturated carbocycles. The van der Waals surface area contributed by atoms with Crippen molar-refractivity contribution in [3.05, 3.63) is 28.8 Å². The monoisotopic (exact) mass is 270 g/mol. The molecule has 0 spiro atoms. The number of benzene rings is 1. The van der Waals surface area contributed by atoms with Gasteiger partial charge in [0, 0.05) is 11.6 Å². The zero-order valence-electron chi connectivity index (χ0n) is 10.9. The minimum absolute atomic E-state index is 0.0182. The van der Waals surface area contributed by atoms with Crippen LogP contribution in [-0.2, 0) is 10.0 Å². The highest BCUT2D eigenvalue weighted by Gasteiger charge is 2.17. The average molecular weight is 270 g/mol. The first kappa shape index (κ1) is 14.7. The normalized spacial score (nSPS) is 11.7. The number of carbonyl (C=O) groups excluding carboxylic acids is 1. The fraction of sp³-hybridized carbons (Fsp3) is 0.417. The van der Waals surface area contributed by atoms with Crippen molar-refractivity contribution in [2.24, 2.45) is 5.14 Å². The molecule has 1 rings (SSSR count). The van der Waals surface area contributed by atoms with E-state index in [0.717, 1.165) is 11.1 Å². The van der Waals surface area contributed by atoms with E-state index in [1.807, 2.05) is 13.8 Å². The van der Waals surface area contributed by atoms with Crippen LogP contribution in [0.1, 0.15) is 35.3 Å². The molecule has 0 unspecified atom stereocenters. The summed E-state index contributed by atoms with van der Waals surface area (Å²) in [6.07, 6.45) is 0. The molecule has 1 aromatic rings. The van der Waals surface area contributed by atoms with Gasteiger partial charge in [-0.15, -0.1) is 0 Å². The third-order valence-electron chi connectivity index (χ3n) is 2.63. The maximum absolute atomic E-state index is 12.0. The molecule has 0 saturated heterocycles. The first-order chi connectivity index (χ1) is 8.12. The molecular formula is C12H18N2O3S. The molecule has 0 aliphatic rings. The van der Waals surface area contributed by atoms with Crippen molar-refractivity contribution in [2.45, 2.75) is 38.6 Å². The quantitative estimate of drug-likeness (QED) is 0.861. The largest absolute Gasteiger partial charge is 0.350 e. The van der Waals surface area contributed by atoms with Gasteiger partial charge in [0.15, 0.2) is 0 Å². The van der Waals surface area contributed by atoms with E-state index in [1.54, 1.807) is 13.8 Å². The van der Waals surface area contributed by atoms with Gasteiger partial charge in [0.25, 0.3) is 5.91 Å². The standard InChI is InChI=1S/C12H18N2O3S/c1-7(2)14-12(15)11-6-10(18(13,16)17)5-8(3)9(11)4/h5-7H,1-4H3,(H,14,15)(H2,13,16,17). The number of amides is 1. The third kappa shape index (κ3) is 3.30. The van der Waals surface area contributed by atoms with E-state index in [9.17, 15) is 13.2 Å². The molecule has 0 aliphatic carbocycles. The molecule has 0 bridgehead atoms. The molecule has 0 aliphatic heterocycles. The van der Waals surface area contributed by atoms with Crippen LogP contribution >= 0.6 is 0 Å². The Morgan fingerprint density at radius 1 is 1.28 bits per heavy atom. The highest BCUT2D eigenvalue weighted by atomic mass is 32.2. The second kappa shape index (κ2) is 5.07. The topological polar surface area (TPSA) is 89.3 Å². The number of hydrogen-bond acceptors (Lipinski definition) is 3. The van der Waals surface area contributed by atoms with Gasteiger partial charge in [-0.05, 0) is 51.0 Å². The van der Waals surface area contributed by atoms with Gasteiger partial charge in [-0.1, -0.05) is 0 Å². The van der Waals surface area contributed by atoms with Crippen LogP contribution in [0.15, 0.2) is 17.0 Å². The summed E-state index contributed by atoms with van der Waals surface area (Å²) in [6, 6.07) is 2.77. The third-order valence-corrected chi connectivity index (χ3v) is 3.53. The van der Waals surface area contributed by atoms with Crippen LogP contribution in [0.4, 0.5) is 0 Å². The van der Waals surface area contributed by atoms with Crippen molar-refractivity contribution < 1.29 is 13.2 Å². The Bertz CT molecular complexity index is 577. The molecule has 0 fully saturated rings. The summed E-state index contributed by atoms with van der Waals surface area (Å²) in [5, 5.41) is 7.82.